The van der Waals surface area contributed by atoms with Crippen LogP contribution in [0.5, 0.6) is 0 Å². The lowest BCUT2D eigenvalue weighted by Crippen LogP contribution is -2.05. The summed E-state index contributed by atoms with van der Waals surface area (Å²) >= 11 is 3.05. The number of carboxylic acid groups (broad SMARTS) is 1. The van der Waals surface area contributed by atoms with Gasteiger partial charge in [0.05, 0.1) is 12.1 Å². The Balaban J connectivity index is 3.17. The van der Waals surface area contributed by atoms with Gasteiger partial charge in [0.1, 0.15) is 0 Å². The van der Waals surface area contributed by atoms with Crippen LogP contribution in [0.1, 0.15) is 5.56 Å². The first-order chi connectivity index (χ1) is 6.02. The zero-order valence-electron chi connectivity index (χ0n) is 6.55. The molecule has 0 bridgehead atoms. The molecule has 5 heteroatoms. The van der Waals surface area contributed by atoms with Crippen molar-refractivity contribution < 1.29 is 14.3 Å². The Bertz CT molecular complexity index is 354. The van der Waals surface area contributed by atoms with Crippen LogP contribution in [0.15, 0.2) is 16.6 Å². The topological polar surface area (TPSA) is 63.3 Å². The second kappa shape index (κ2) is 3.74. The van der Waals surface area contributed by atoms with Gasteiger partial charge in [-0.05, 0) is 12.1 Å². The van der Waals surface area contributed by atoms with Gasteiger partial charge in [-0.15, -0.1) is 0 Å². The number of nitrogens with two attached hydrogens (primary N) is 1. The second-order valence-electron chi connectivity index (χ2n) is 2.50. The highest BCUT2D eigenvalue weighted by molar-refractivity contribution is 9.10. The minimum atomic E-state index is -1.09. The lowest BCUT2D eigenvalue weighted by molar-refractivity contribution is -0.136. The molecule has 1 rings (SSSR count). The smallest absolute Gasteiger partial charge is 0.307 e. The van der Waals surface area contributed by atoms with E-state index in [9.17, 15) is 9.18 Å². The first-order valence-electron chi connectivity index (χ1n) is 3.46. The molecule has 0 aliphatic heterocycles. The fraction of sp³-hybridized carbons (Fsp3) is 0.125. The maximum Gasteiger partial charge on any atom is 0.307 e. The van der Waals surface area contributed by atoms with Gasteiger partial charge in [0.25, 0.3) is 0 Å². The van der Waals surface area contributed by atoms with Gasteiger partial charge in [-0.25, -0.2) is 4.39 Å². The van der Waals surface area contributed by atoms with E-state index in [-0.39, 0.29) is 17.7 Å². The molecule has 0 saturated carbocycles. The number of hydrogen-bond acceptors (Lipinski definition) is 2. The van der Waals surface area contributed by atoms with E-state index in [0.29, 0.717) is 4.47 Å². The third kappa shape index (κ3) is 2.18. The SMILES string of the molecule is Nc1ccc(Br)c(CC(=O)O)c1F. The van der Waals surface area contributed by atoms with Crippen LogP contribution in [0.3, 0.4) is 0 Å². The number of aliphatic carboxylic acids is 1. The van der Waals surface area contributed by atoms with Crippen molar-refractivity contribution in [2.75, 3.05) is 5.73 Å². The summed E-state index contributed by atoms with van der Waals surface area (Å²) in [5.41, 5.74) is 5.31. The van der Waals surface area contributed by atoms with Gasteiger partial charge in [0.15, 0.2) is 5.82 Å². The summed E-state index contributed by atoms with van der Waals surface area (Å²) < 4.78 is 13.6. The van der Waals surface area contributed by atoms with Crippen molar-refractivity contribution in [3.05, 3.63) is 28.0 Å². The van der Waals surface area contributed by atoms with E-state index in [2.05, 4.69) is 15.9 Å². The van der Waals surface area contributed by atoms with Gasteiger partial charge in [0, 0.05) is 10.0 Å². The van der Waals surface area contributed by atoms with Crippen LogP contribution in [0.25, 0.3) is 0 Å². The summed E-state index contributed by atoms with van der Waals surface area (Å²) in [5, 5.41) is 8.48. The van der Waals surface area contributed by atoms with Crippen molar-refractivity contribution in [3.63, 3.8) is 0 Å². The normalized spacial score (nSPS) is 10.0. The van der Waals surface area contributed by atoms with E-state index in [1.54, 1.807) is 0 Å². The predicted molar refractivity (Wildman–Crippen MR) is 49.9 cm³/mol. The monoisotopic (exact) mass is 247 g/mol. The van der Waals surface area contributed by atoms with Gasteiger partial charge in [-0.2, -0.15) is 0 Å². The van der Waals surface area contributed by atoms with Crippen LogP contribution in [-0.4, -0.2) is 11.1 Å². The highest BCUT2D eigenvalue weighted by Gasteiger charge is 2.12. The number of rotatable bonds is 2. The summed E-state index contributed by atoms with van der Waals surface area (Å²) in [6.45, 7) is 0. The van der Waals surface area contributed by atoms with Gasteiger partial charge in [-0.1, -0.05) is 15.9 Å². The Morgan fingerprint density at radius 2 is 2.23 bits per heavy atom. The van der Waals surface area contributed by atoms with Crippen molar-refractivity contribution in [3.8, 4) is 0 Å². The molecule has 0 heterocycles. The third-order valence-electron chi connectivity index (χ3n) is 1.54. The fourth-order valence-corrected chi connectivity index (χ4v) is 1.38. The van der Waals surface area contributed by atoms with Crippen molar-refractivity contribution >= 4 is 27.6 Å². The number of anilines is 1. The number of hydrogen-bond donors (Lipinski definition) is 2. The molecule has 0 aliphatic rings. The van der Waals surface area contributed by atoms with Crippen LogP contribution < -0.4 is 5.73 Å². The molecule has 0 aromatic heterocycles. The Morgan fingerprint density at radius 3 is 2.77 bits per heavy atom. The molecule has 0 aliphatic carbocycles. The molecule has 3 N–H and O–H groups in total. The summed E-state index contributed by atoms with van der Waals surface area (Å²) in [7, 11) is 0. The quantitative estimate of drug-likeness (QED) is 0.784. The van der Waals surface area contributed by atoms with E-state index >= 15 is 0 Å². The molecule has 0 amide bonds. The number of nitrogen functional groups attached to an aromatic ring is 1. The lowest BCUT2D eigenvalue weighted by atomic mass is 10.1. The molecule has 0 atom stereocenters. The molecular formula is C8H7BrFNO2. The maximum atomic E-state index is 13.2. The van der Waals surface area contributed by atoms with Gasteiger partial charge in [-0.3, -0.25) is 4.79 Å². The zero-order chi connectivity index (χ0) is 10.0. The van der Waals surface area contributed by atoms with Gasteiger partial charge >= 0.3 is 5.97 Å². The fourth-order valence-electron chi connectivity index (χ4n) is 0.929. The van der Waals surface area contributed by atoms with Crippen LogP contribution in [-0.2, 0) is 11.2 Å². The van der Waals surface area contributed by atoms with Gasteiger partial charge < -0.3 is 10.8 Å². The second-order valence-corrected chi connectivity index (χ2v) is 3.35. The minimum absolute atomic E-state index is 0.0422. The van der Waals surface area contributed by atoms with E-state index in [1.807, 2.05) is 0 Å². The maximum absolute atomic E-state index is 13.2. The Kier molecular flexibility index (Phi) is 2.87. The van der Waals surface area contributed by atoms with Gasteiger partial charge in [0.2, 0.25) is 0 Å². The van der Waals surface area contributed by atoms with Crippen molar-refractivity contribution in [1.29, 1.82) is 0 Å². The summed E-state index contributed by atoms with van der Waals surface area (Å²) in [6, 6.07) is 2.90. The zero-order valence-corrected chi connectivity index (χ0v) is 8.14. The number of carboxylic acids is 1. The Labute approximate surface area is 82.5 Å². The Morgan fingerprint density at radius 1 is 1.62 bits per heavy atom. The molecular weight excluding hydrogens is 241 g/mol. The number of benzene rings is 1. The van der Waals surface area contributed by atoms with E-state index in [1.165, 1.54) is 12.1 Å². The molecule has 3 nitrogen and oxygen atoms in total. The molecule has 70 valence electrons. The van der Waals surface area contributed by atoms with E-state index in [4.69, 9.17) is 10.8 Å². The molecule has 0 saturated heterocycles. The molecule has 0 unspecified atom stereocenters. The van der Waals surface area contributed by atoms with Crippen LogP contribution in [0, 0.1) is 5.82 Å². The average molecular weight is 248 g/mol. The van der Waals surface area contributed by atoms with Crippen molar-refractivity contribution in [2.45, 2.75) is 6.42 Å². The highest BCUT2D eigenvalue weighted by Crippen LogP contribution is 2.24. The lowest BCUT2D eigenvalue weighted by Gasteiger charge is -2.05. The van der Waals surface area contributed by atoms with Crippen molar-refractivity contribution in [1.82, 2.24) is 0 Å². The first-order valence-corrected chi connectivity index (χ1v) is 4.26. The standard InChI is InChI=1S/C8H7BrFNO2/c9-5-1-2-6(11)8(10)4(5)3-7(12)13/h1-2H,3,11H2,(H,12,13). The third-order valence-corrected chi connectivity index (χ3v) is 2.29. The largest absolute Gasteiger partial charge is 0.481 e. The molecule has 0 fully saturated rings. The van der Waals surface area contributed by atoms with Crippen molar-refractivity contribution in [2.24, 2.45) is 0 Å². The number of carbonyl (C=O) groups is 1. The molecule has 1 aromatic carbocycles. The number of halogens is 2. The van der Waals surface area contributed by atoms with E-state index < -0.39 is 11.8 Å². The first kappa shape index (κ1) is 9.98. The average Bonchev–Trinajstić information content (AvgIpc) is 2.05. The predicted octanol–water partition coefficient (Wildman–Crippen LogP) is 1.80. The summed E-state index contributed by atoms with van der Waals surface area (Å²) in [5.74, 6) is -1.76. The molecule has 0 spiro atoms. The Hall–Kier alpha value is -1.10. The van der Waals surface area contributed by atoms with E-state index in [0.717, 1.165) is 0 Å². The highest BCUT2D eigenvalue weighted by atomic mass is 79.9. The summed E-state index contributed by atoms with van der Waals surface area (Å²) in [4.78, 5) is 10.4. The molecule has 0 radical (unpaired) electrons. The van der Waals surface area contributed by atoms with Crippen LogP contribution in [0.4, 0.5) is 10.1 Å². The van der Waals surface area contributed by atoms with Crippen LogP contribution >= 0.6 is 15.9 Å². The molecule has 1 aromatic rings. The summed E-state index contributed by atoms with van der Waals surface area (Å²) in [6.07, 6.45) is -0.378. The van der Waals surface area contributed by atoms with Crippen LogP contribution in [0.2, 0.25) is 0 Å². The minimum Gasteiger partial charge on any atom is -0.481 e. The molecule has 13 heavy (non-hydrogen) atoms.